The number of amides is 1. The van der Waals surface area contributed by atoms with E-state index < -0.39 is 0 Å². The summed E-state index contributed by atoms with van der Waals surface area (Å²) < 4.78 is 6.75. The molecule has 0 aliphatic carbocycles. The lowest BCUT2D eigenvalue weighted by atomic mass is 9.86. The van der Waals surface area contributed by atoms with Gasteiger partial charge < -0.3 is 10.1 Å². The topological polar surface area (TPSA) is 38.3 Å². The maximum absolute atomic E-state index is 12.3. The van der Waals surface area contributed by atoms with E-state index in [1.54, 1.807) is 6.07 Å². The highest BCUT2D eigenvalue weighted by Crippen LogP contribution is 2.27. The van der Waals surface area contributed by atoms with Crippen molar-refractivity contribution in [3.05, 3.63) is 64.1 Å². The highest BCUT2D eigenvalue weighted by atomic mass is 79.9. The Morgan fingerprint density at radius 2 is 1.96 bits per heavy atom. The molecule has 4 heteroatoms. The minimum Gasteiger partial charge on any atom is -0.378 e. The van der Waals surface area contributed by atoms with Crippen molar-refractivity contribution in [3.8, 4) is 0 Å². The Balaban J connectivity index is 1.58. The summed E-state index contributed by atoms with van der Waals surface area (Å²) in [5.41, 5.74) is 2.74. The molecule has 0 saturated carbocycles. The van der Waals surface area contributed by atoms with Crippen LogP contribution in [-0.2, 0) is 11.2 Å². The molecule has 132 valence electrons. The van der Waals surface area contributed by atoms with Crippen molar-refractivity contribution in [2.45, 2.75) is 32.8 Å². The predicted molar refractivity (Wildman–Crippen MR) is 105 cm³/mol. The zero-order valence-corrected chi connectivity index (χ0v) is 16.3. The molecule has 1 aliphatic heterocycles. The third kappa shape index (κ3) is 4.93. The molecule has 0 bridgehead atoms. The first-order chi connectivity index (χ1) is 12.0. The molecule has 3 nitrogen and oxygen atoms in total. The molecule has 1 saturated heterocycles. The summed E-state index contributed by atoms with van der Waals surface area (Å²) in [6.07, 6.45) is 2.60. The minimum atomic E-state index is -0.0995. The van der Waals surface area contributed by atoms with Gasteiger partial charge in [0.2, 0.25) is 0 Å². The molecule has 3 rings (SSSR count). The number of ether oxygens (including phenoxy) is 1. The van der Waals surface area contributed by atoms with Gasteiger partial charge in [0.15, 0.2) is 0 Å². The van der Waals surface area contributed by atoms with E-state index in [0.29, 0.717) is 23.5 Å². The van der Waals surface area contributed by atoms with Crippen molar-refractivity contribution in [2.75, 3.05) is 11.9 Å². The lowest BCUT2D eigenvalue weighted by Gasteiger charge is -2.32. The van der Waals surface area contributed by atoms with Crippen molar-refractivity contribution in [1.29, 1.82) is 0 Å². The number of rotatable bonds is 4. The number of nitrogens with one attached hydrogen (secondary N) is 1. The molecule has 2 aromatic rings. The molecular weight excluding hydrogens is 378 g/mol. The minimum absolute atomic E-state index is 0.0995. The fourth-order valence-electron chi connectivity index (χ4n) is 3.27. The quantitative estimate of drug-likeness (QED) is 0.753. The fourth-order valence-corrected chi connectivity index (χ4v) is 3.67. The standard InChI is InChI=1S/C21H24BrNO2/c1-14-10-17(13-25-15(14)2)11-16-6-8-20(9-7-16)23-21(24)18-4-3-5-19(22)12-18/h3-9,12,14-15,17H,10-11,13H2,1-2H3,(H,23,24). The lowest BCUT2D eigenvalue weighted by Crippen LogP contribution is -2.31. The first-order valence-corrected chi connectivity index (χ1v) is 9.58. The summed E-state index contributed by atoms with van der Waals surface area (Å²) in [6, 6.07) is 15.5. The number of hydrogen-bond acceptors (Lipinski definition) is 2. The van der Waals surface area contributed by atoms with E-state index >= 15 is 0 Å². The SMILES string of the molecule is CC1CC(Cc2ccc(NC(=O)c3cccc(Br)c3)cc2)COC1C. The van der Waals surface area contributed by atoms with Gasteiger partial charge in [-0.15, -0.1) is 0 Å². The van der Waals surface area contributed by atoms with Crippen LogP contribution >= 0.6 is 15.9 Å². The second kappa shape index (κ2) is 8.15. The van der Waals surface area contributed by atoms with Crippen LogP contribution in [0.4, 0.5) is 5.69 Å². The van der Waals surface area contributed by atoms with Gasteiger partial charge in [-0.25, -0.2) is 0 Å². The molecule has 3 atom stereocenters. The van der Waals surface area contributed by atoms with Gasteiger partial charge in [0.1, 0.15) is 0 Å². The number of benzene rings is 2. The third-order valence-corrected chi connectivity index (χ3v) is 5.42. The van der Waals surface area contributed by atoms with Crippen molar-refractivity contribution in [1.82, 2.24) is 0 Å². The van der Waals surface area contributed by atoms with Gasteiger partial charge in [0, 0.05) is 15.7 Å². The Morgan fingerprint density at radius 1 is 1.20 bits per heavy atom. The van der Waals surface area contributed by atoms with Crippen LogP contribution in [0.15, 0.2) is 53.0 Å². The Bertz CT molecular complexity index is 729. The van der Waals surface area contributed by atoms with E-state index in [1.165, 1.54) is 12.0 Å². The molecular formula is C21H24BrNO2. The van der Waals surface area contributed by atoms with Crippen LogP contribution in [0.3, 0.4) is 0 Å². The average molecular weight is 402 g/mol. The molecule has 25 heavy (non-hydrogen) atoms. The molecule has 1 fully saturated rings. The number of halogens is 1. The molecule has 3 unspecified atom stereocenters. The van der Waals surface area contributed by atoms with E-state index in [2.05, 4.69) is 47.2 Å². The molecule has 0 spiro atoms. The highest BCUT2D eigenvalue weighted by Gasteiger charge is 2.25. The van der Waals surface area contributed by atoms with Gasteiger partial charge in [-0.2, -0.15) is 0 Å². The van der Waals surface area contributed by atoms with E-state index in [4.69, 9.17) is 4.74 Å². The van der Waals surface area contributed by atoms with Gasteiger partial charge in [0.25, 0.3) is 5.91 Å². The normalized spacial score (nSPS) is 23.2. The molecule has 1 amide bonds. The largest absolute Gasteiger partial charge is 0.378 e. The van der Waals surface area contributed by atoms with Crippen molar-refractivity contribution < 1.29 is 9.53 Å². The Morgan fingerprint density at radius 3 is 2.64 bits per heavy atom. The summed E-state index contributed by atoms with van der Waals surface area (Å²) >= 11 is 3.39. The molecule has 0 radical (unpaired) electrons. The summed E-state index contributed by atoms with van der Waals surface area (Å²) in [6.45, 7) is 5.26. The third-order valence-electron chi connectivity index (χ3n) is 4.92. The predicted octanol–water partition coefficient (Wildman–Crippen LogP) is 5.31. The van der Waals surface area contributed by atoms with Crippen LogP contribution in [-0.4, -0.2) is 18.6 Å². The van der Waals surface area contributed by atoms with Crippen LogP contribution in [0.2, 0.25) is 0 Å². The second-order valence-electron chi connectivity index (χ2n) is 6.98. The van der Waals surface area contributed by atoms with Gasteiger partial charge >= 0.3 is 0 Å². The van der Waals surface area contributed by atoms with Crippen molar-refractivity contribution in [2.24, 2.45) is 11.8 Å². The van der Waals surface area contributed by atoms with Crippen molar-refractivity contribution >= 4 is 27.5 Å². The highest BCUT2D eigenvalue weighted by molar-refractivity contribution is 9.10. The van der Waals surface area contributed by atoms with Crippen molar-refractivity contribution in [3.63, 3.8) is 0 Å². The number of hydrogen-bond donors (Lipinski definition) is 1. The maximum Gasteiger partial charge on any atom is 0.255 e. The average Bonchev–Trinajstić information content (AvgIpc) is 2.60. The zero-order chi connectivity index (χ0) is 17.8. The molecule has 1 N–H and O–H groups in total. The Hall–Kier alpha value is -1.65. The smallest absolute Gasteiger partial charge is 0.255 e. The van der Waals surface area contributed by atoms with Crippen LogP contribution < -0.4 is 5.32 Å². The van der Waals surface area contributed by atoms with E-state index in [1.807, 2.05) is 30.3 Å². The van der Waals surface area contributed by atoms with Crippen LogP contribution in [0, 0.1) is 11.8 Å². The van der Waals surface area contributed by atoms with E-state index in [0.717, 1.165) is 23.2 Å². The first-order valence-electron chi connectivity index (χ1n) is 8.78. The van der Waals surface area contributed by atoms with Gasteiger partial charge in [-0.3, -0.25) is 4.79 Å². The Kier molecular flexibility index (Phi) is 5.92. The number of carbonyl (C=O) groups excluding carboxylic acids is 1. The van der Waals surface area contributed by atoms with E-state index in [-0.39, 0.29) is 5.91 Å². The summed E-state index contributed by atoms with van der Waals surface area (Å²) in [7, 11) is 0. The van der Waals surface area contributed by atoms with E-state index in [9.17, 15) is 4.79 Å². The van der Waals surface area contributed by atoms with Gasteiger partial charge in [-0.1, -0.05) is 41.1 Å². The number of carbonyl (C=O) groups is 1. The van der Waals surface area contributed by atoms with Crippen LogP contribution in [0.1, 0.15) is 36.2 Å². The van der Waals surface area contributed by atoms with Crippen LogP contribution in [0.5, 0.6) is 0 Å². The molecule has 2 aromatic carbocycles. The molecule has 1 aliphatic rings. The zero-order valence-electron chi connectivity index (χ0n) is 14.7. The number of anilines is 1. The van der Waals surface area contributed by atoms with Gasteiger partial charge in [0.05, 0.1) is 12.7 Å². The Labute approximate surface area is 157 Å². The molecule has 0 aromatic heterocycles. The lowest BCUT2D eigenvalue weighted by molar-refractivity contribution is -0.0397. The fraction of sp³-hybridized carbons (Fsp3) is 0.381. The monoisotopic (exact) mass is 401 g/mol. The van der Waals surface area contributed by atoms with Crippen LogP contribution in [0.25, 0.3) is 0 Å². The summed E-state index contributed by atoms with van der Waals surface area (Å²) in [5, 5.41) is 2.94. The second-order valence-corrected chi connectivity index (χ2v) is 7.90. The summed E-state index contributed by atoms with van der Waals surface area (Å²) in [4.78, 5) is 12.3. The first kappa shape index (κ1) is 18.2. The van der Waals surface area contributed by atoms with Gasteiger partial charge in [-0.05, 0) is 67.5 Å². The maximum atomic E-state index is 12.3. The molecule has 1 heterocycles. The summed E-state index contributed by atoms with van der Waals surface area (Å²) in [5.74, 6) is 1.09.